The highest BCUT2D eigenvalue weighted by Crippen LogP contribution is 2.31. The molecule has 9 heteroatoms. The SMILES string of the molecule is Cc1ccc(-n2c(C)cc(/C=N/NC(=O)c3ccc(CN(c4cc(Cl)ccc4C)S(=O)(=O)c4ccccc4)cc3)c2C)cc1C. The monoisotopic (exact) mass is 638 g/mol. The van der Waals surface area contributed by atoms with Gasteiger partial charge in [-0.3, -0.25) is 9.10 Å². The van der Waals surface area contributed by atoms with Crippen LogP contribution in [0.4, 0.5) is 5.69 Å². The van der Waals surface area contributed by atoms with Gasteiger partial charge in [-0.1, -0.05) is 54.1 Å². The van der Waals surface area contributed by atoms with Gasteiger partial charge in [0, 0.05) is 33.2 Å². The molecule has 0 aliphatic heterocycles. The van der Waals surface area contributed by atoms with E-state index in [9.17, 15) is 13.2 Å². The maximum Gasteiger partial charge on any atom is 0.271 e. The van der Waals surface area contributed by atoms with E-state index in [1.54, 1.807) is 79.0 Å². The zero-order valence-electron chi connectivity index (χ0n) is 25.9. The van der Waals surface area contributed by atoms with Crippen LogP contribution in [0.1, 0.15) is 49.6 Å². The molecule has 7 nitrogen and oxygen atoms in total. The molecule has 0 aliphatic carbocycles. The molecule has 230 valence electrons. The van der Waals surface area contributed by atoms with Crippen LogP contribution in [0.3, 0.4) is 0 Å². The van der Waals surface area contributed by atoms with Crippen molar-refractivity contribution >= 4 is 39.4 Å². The van der Waals surface area contributed by atoms with Crippen LogP contribution in [-0.2, 0) is 16.6 Å². The molecule has 0 spiro atoms. The number of amides is 1. The molecular formula is C36H35ClN4O3S. The number of hydrogen-bond donors (Lipinski definition) is 1. The van der Waals surface area contributed by atoms with Gasteiger partial charge in [0.1, 0.15) is 0 Å². The predicted molar refractivity (Wildman–Crippen MR) is 182 cm³/mol. The van der Waals surface area contributed by atoms with E-state index in [-0.39, 0.29) is 17.3 Å². The molecule has 5 aromatic rings. The molecular weight excluding hydrogens is 604 g/mol. The van der Waals surface area contributed by atoms with E-state index in [4.69, 9.17) is 11.6 Å². The number of aryl methyl sites for hydroxylation is 4. The highest BCUT2D eigenvalue weighted by atomic mass is 35.5. The average molecular weight is 639 g/mol. The van der Waals surface area contributed by atoms with E-state index in [1.165, 1.54) is 15.4 Å². The standard InChI is InChI=1S/C36H35ClN4O3S/c1-24-12-18-33(19-26(24)3)41-27(4)20-31(28(41)5)22-38-39-36(42)30-15-13-29(14-16-30)23-40(35-21-32(37)17-11-25(35)2)45(43,44)34-9-7-6-8-10-34/h6-22H,23H2,1-5H3,(H,39,42)/b38-22+. The van der Waals surface area contributed by atoms with Gasteiger partial charge in [0.25, 0.3) is 15.9 Å². The van der Waals surface area contributed by atoms with Gasteiger partial charge in [-0.2, -0.15) is 5.10 Å². The summed E-state index contributed by atoms with van der Waals surface area (Å²) >= 11 is 6.27. The Bertz CT molecular complexity index is 2000. The van der Waals surface area contributed by atoms with Crippen molar-refractivity contribution in [1.82, 2.24) is 9.99 Å². The Morgan fingerprint density at radius 2 is 1.53 bits per heavy atom. The summed E-state index contributed by atoms with van der Waals surface area (Å²) in [6.45, 7) is 10.1. The Morgan fingerprint density at radius 3 is 2.22 bits per heavy atom. The molecule has 0 radical (unpaired) electrons. The Labute approximate surface area is 269 Å². The molecule has 4 aromatic carbocycles. The van der Waals surface area contributed by atoms with E-state index in [0.29, 0.717) is 21.8 Å². The van der Waals surface area contributed by atoms with Gasteiger partial charge in [-0.05, 0) is 111 Å². The summed E-state index contributed by atoms with van der Waals surface area (Å²) in [5.41, 5.74) is 11.5. The summed E-state index contributed by atoms with van der Waals surface area (Å²) in [4.78, 5) is 13.1. The first-order valence-electron chi connectivity index (χ1n) is 14.5. The van der Waals surface area contributed by atoms with Gasteiger partial charge in [0.05, 0.1) is 23.3 Å². The van der Waals surface area contributed by atoms with Crippen LogP contribution >= 0.6 is 11.6 Å². The second-order valence-electron chi connectivity index (χ2n) is 11.1. The molecule has 1 heterocycles. The van der Waals surface area contributed by atoms with Crippen molar-refractivity contribution in [3.63, 3.8) is 0 Å². The minimum Gasteiger partial charge on any atom is -0.318 e. The highest BCUT2D eigenvalue weighted by molar-refractivity contribution is 7.92. The largest absolute Gasteiger partial charge is 0.318 e. The Balaban J connectivity index is 1.33. The summed E-state index contributed by atoms with van der Waals surface area (Å²) < 4.78 is 31.0. The third-order valence-electron chi connectivity index (χ3n) is 7.90. The topological polar surface area (TPSA) is 83.8 Å². The first-order chi connectivity index (χ1) is 21.5. The van der Waals surface area contributed by atoms with Crippen LogP contribution in [0, 0.1) is 34.6 Å². The third kappa shape index (κ3) is 6.87. The molecule has 0 atom stereocenters. The fourth-order valence-electron chi connectivity index (χ4n) is 5.20. The number of hydrazone groups is 1. The van der Waals surface area contributed by atoms with Gasteiger partial charge >= 0.3 is 0 Å². The lowest BCUT2D eigenvalue weighted by molar-refractivity contribution is 0.0955. The van der Waals surface area contributed by atoms with E-state index < -0.39 is 10.0 Å². The maximum absolute atomic E-state index is 13.8. The molecule has 0 aliphatic rings. The summed E-state index contributed by atoms with van der Waals surface area (Å²) in [6.07, 6.45) is 1.64. The number of nitrogens with one attached hydrogen (secondary N) is 1. The second kappa shape index (κ2) is 13.1. The summed E-state index contributed by atoms with van der Waals surface area (Å²) in [5, 5.41) is 4.65. The Kier molecular flexibility index (Phi) is 9.27. The Morgan fingerprint density at radius 1 is 0.844 bits per heavy atom. The number of sulfonamides is 1. The molecule has 5 rings (SSSR count). The predicted octanol–water partition coefficient (Wildman–Crippen LogP) is 7.83. The lowest BCUT2D eigenvalue weighted by Gasteiger charge is -2.26. The molecule has 0 saturated heterocycles. The van der Waals surface area contributed by atoms with Gasteiger partial charge in [0.2, 0.25) is 0 Å². The fraction of sp³-hybridized carbons (Fsp3) is 0.167. The molecule has 1 aromatic heterocycles. The molecule has 0 unspecified atom stereocenters. The summed E-state index contributed by atoms with van der Waals surface area (Å²) in [5.74, 6) is -0.375. The number of benzene rings is 4. The van der Waals surface area contributed by atoms with Gasteiger partial charge in [-0.25, -0.2) is 13.8 Å². The van der Waals surface area contributed by atoms with Crippen LogP contribution in [-0.4, -0.2) is 25.1 Å². The normalized spacial score (nSPS) is 11.6. The van der Waals surface area contributed by atoms with Crippen molar-refractivity contribution in [2.45, 2.75) is 46.1 Å². The lowest BCUT2D eigenvalue weighted by Crippen LogP contribution is -2.31. The third-order valence-corrected chi connectivity index (χ3v) is 9.91. The number of carbonyl (C=O) groups is 1. The van der Waals surface area contributed by atoms with Crippen LogP contribution in [0.2, 0.25) is 5.02 Å². The fourth-order valence-corrected chi connectivity index (χ4v) is 6.90. The summed E-state index contributed by atoms with van der Waals surface area (Å²) in [6, 6.07) is 28.6. The molecule has 45 heavy (non-hydrogen) atoms. The van der Waals surface area contributed by atoms with E-state index >= 15 is 0 Å². The van der Waals surface area contributed by atoms with Crippen molar-refractivity contribution in [2.24, 2.45) is 5.10 Å². The molecule has 0 saturated carbocycles. The number of rotatable bonds is 9. The number of aromatic nitrogens is 1. The van der Waals surface area contributed by atoms with Gasteiger partial charge < -0.3 is 4.57 Å². The molecule has 0 fully saturated rings. The minimum atomic E-state index is -3.91. The number of carbonyl (C=O) groups excluding carboxylic acids is 1. The molecule has 1 N–H and O–H groups in total. The quantitative estimate of drug-likeness (QED) is 0.132. The zero-order chi connectivity index (χ0) is 32.3. The van der Waals surface area contributed by atoms with Crippen molar-refractivity contribution in [1.29, 1.82) is 0 Å². The first-order valence-corrected chi connectivity index (χ1v) is 16.3. The highest BCUT2D eigenvalue weighted by Gasteiger charge is 2.26. The molecule has 1 amide bonds. The van der Waals surface area contributed by atoms with Crippen molar-refractivity contribution < 1.29 is 13.2 Å². The molecule has 0 bridgehead atoms. The Hall–Kier alpha value is -4.66. The maximum atomic E-state index is 13.8. The minimum absolute atomic E-state index is 0.0502. The van der Waals surface area contributed by atoms with Crippen LogP contribution < -0.4 is 9.73 Å². The van der Waals surface area contributed by atoms with E-state index in [2.05, 4.69) is 47.1 Å². The van der Waals surface area contributed by atoms with Gasteiger partial charge in [0.15, 0.2) is 0 Å². The first kappa shape index (κ1) is 31.8. The van der Waals surface area contributed by atoms with Crippen molar-refractivity contribution in [3.05, 3.63) is 147 Å². The zero-order valence-corrected chi connectivity index (χ0v) is 27.4. The number of anilines is 1. The van der Waals surface area contributed by atoms with E-state index in [1.807, 2.05) is 26.8 Å². The van der Waals surface area contributed by atoms with E-state index in [0.717, 1.165) is 28.2 Å². The average Bonchev–Trinajstić information content (AvgIpc) is 3.31. The summed E-state index contributed by atoms with van der Waals surface area (Å²) in [7, 11) is -3.91. The van der Waals surface area contributed by atoms with Gasteiger partial charge in [-0.15, -0.1) is 0 Å². The lowest BCUT2D eigenvalue weighted by atomic mass is 10.1. The van der Waals surface area contributed by atoms with Crippen molar-refractivity contribution in [3.8, 4) is 5.69 Å². The number of nitrogens with zero attached hydrogens (tertiary/aromatic N) is 3. The second-order valence-corrected chi connectivity index (χ2v) is 13.4. The van der Waals surface area contributed by atoms with Crippen molar-refractivity contribution in [2.75, 3.05) is 4.31 Å². The number of halogens is 1. The van der Waals surface area contributed by atoms with Crippen LogP contribution in [0.25, 0.3) is 5.69 Å². The number of hydrogen-bond acceptors (Lipinski definition) is 4. The smallest absolute Gasteiger partial charge is 0.271 e. The van der Waals surface area contributed by atoms with Crippen LogP contribution in [0.5, 0.6) is 0 Å². The van der Waals surface area contributed by atoms with Crippen LogP contribution in [0.15, 0.2) is 107 Å².